The monoisotopic (exact) mass is 309 g/mol. The van der Waals surface area contributed by atoms with Crippen LogP contribution in [0.3, 0.4) is 0 Å². The Labute approximate surface area is 132 Å². The molecule has 0 radical (unpaired) electrons. The molecule has 0 aromatic heterocycles. The molecule has 124 valence electrons. The van der Waals surface area contributed by atoms with E-state index < -0.39 is 5.97 Å². The number of methoxy groups -OCH3 is 2. The van der Waals surface area contributed by atoms with Crippen LogP contribution in [0.2, 0.25) is 0 Å². The summed E-state index contributed by atoms with van der Waals surface area (Å²) < 4.78 is 10.5. The Morgan fingerprint density at radius 2 is 1.73 bits per heavy atom. The van der Waals surface area contributed by atoms with E-state index in [2.05, 4.69) is 18.7 Å². The molecule has 0 fully saturated rings. The minimum atomic E-state index is -1.03. The van der Waals surface area contributed by atoms with Crippen molar-refractivity contribution in [3.8, 4) is 11.5 Å². The molecule has 0 heterocycles. The molecule has 0 bridgehead atoms. The van der Waals surface area contributed by atoms with Crippen LogP contribution in [0.5, 0.6) is 11.5 Å². The van der Waals surface area contributed by atoms with Gasteiger partial charge in [0.05, 0.1) is 14.2 Å². The van der Waals surface area contributed by atoms with Crippen LogP contribution in [-0.2, 0) is 6.42 Å². The average molecular weight is 309 g/mol. The molecule has 1 rings (SSSR count). The zero-order chi connectivity index (χ0) is 16.5. The number of benzene rings is 1. The molecule has 5 heteroatoms. The maximum atomic E-state index is 11.5. The molecular formula is C17H27NO4. The lowest BCUT2D eigenvalue weighted by Crippen LogP contribution is -2.28. The van der Waals surface area contributed by atoms with Gasteiger partial charge in [0.25, 0.3) is 0 Å². The van der Waals surface area contributed by atoms with Crippen molar-refractivity contribution in [1.82, 2.24) is 4.90 Å². The Hall–Kier alpha value is -1.75. The molecule has 5 nitrogen and oxygen atoms in total. The quantitative estimate of drug-likeness (QED) is 0.720. The lowest BCUT2D eigenvalue weighted by molar-refractivity contribution is 0.0689. The summed E-state index contributed by atoms with van der Waals surface area (Å²) in [6.07, 6.45) is 2.98. The molecule has 1 aromatic rings. The summed E-state index contributed by atoms with van der Waals surface area (Å²) in [5.41, 5.74) is 0.998. The number of hydrogen-bond donors (Lipinski definition) is 1. The fourth-order valence-electron chi connectivity index (χ4n) is 2.66. The van der Waals surface area contributed by atoms with E-state index in [0.29, 0.717) is 11.5 Å². The van der Waals surface area contributed by atoms with E-state index in [1.165, 1.54) is 14.2 Å². The van der Waals surface area contributed by atoms with Gasteiger partial charge in [0.2, 0.25) is 0 Å². The molecule has 0 aliphatic heterocycles. The number of aromatic carboxylic acids is 1. The summed E-state index contributed by atoms with van der Waals surface area (Å²) in [5.74, 6) is -0.304. The van der Waals surface area contributed by atoms with E-state index in [4.69, 9.17) is 9.47 Å². The van der Waals surface area contributed by atoms with E-state index >= 15 is 0 Å². The van der Waals surface area contributed by atoms with Crippen LogP contribution in [0.1, 0.15) is 42.6 Å². The van der Waals surface area contributed by atoms with Crippen LogP contribution in [0.15, 0.2) is 12.1 Å². The van der Waals surface area contributed by atoms with Crippen molar-refractivity contribution < 1.29 is 19.4 Å². The van der Waals surface area contributed by atoms with Gasteiger partial charge in [0.1, 0.15) is 17.1 Å². The average Bonchev–Trinajstić information content (AvgIpc) is 2.51. The first kappa shape index (κ1) is 18.3. The first-order valence-electron chi connectivity index (χ1n) is 7.78. The summed E-state index contributed by atoms with van der Waals surface area (Å²) in [5, 5.41) is 9.41. The minimum Gasteiger partial charge on any atom is -0.496 e. The van der Waals surface area contributed by atoms with E-state index in [9.17, 15) is 9.90 Å². The first-order chi connectivity index (χ1) is 10.6. The van der Waals surface area contributed by atoms with Crippen LogP contribution in [0.4, 0.5) is 0 Å². The van der Waals surface area contributed by atoms with Gasteiger partial charge in [0, 0.05) is 6.54 Å². The van der Waals surface area contributed by atoms with Gasteiger partial charge >= 0.3 is 5.97 Å². The third-order valence-corrected chi connectivity index (χ3v) is 3.62. The maximum Gasteiger partial charge on any atom is 0.343 e. The van der Waals surface area contributed by atoms with Crippen molar-refractivity contribution in [1.29, 1.82) is 0 Å². The number of rotatable bonds is 10. The van der Waals surface area contributed by atoms with Crippen molar-refractivity contribution in [3.05, 3.63) is 23.3 Å². The summed E-state index contributed by atoms with van der Waals surface area (Å²) in [6, 6.07) is 3.59. The summed E-state index contributed by atoms with van der Waals surface area (Å²) in [7, 11) is 2.96. The molecule has 1 aromatic carbocycles. The minimum absolute atomic E-state index is 0.0973. The SMILES string of the molecule is CCCN(CCC)CCc1ccc(OC)c(C(=O)O)c1OC. The highest BCUT2D eigenvalue weighted by molar-refractivity contribution is 5.94. The van der Waals surface area contributed by atoms with Crippen molar-refractivity contribution in [2.24, 2.45) is 0 Å². The van der Waals surface area contributed by atoms with Crippen LogP contribution < -0.4 is 9.47 Å². The smallest absolute Gasteiger partial charge is 0.343 e. The lowest BCUT2D eigenvalue weighted by Gasteiger charge is -2.22. The number of carbonyl (C=O) groups is 1. The van der Waals surface area contributed by atoms with Gasteiger partial charge in [0.15, 0.2) is 0 Å². The Balaban J connectivity index is 2.99. The van der Waals surface area contributed by atoms with Crippen molar-refractivity contribution >= 4 is 5.97 Å². The molecular weight excluding hydrogens is 282 g/mol. The van der Waals surface area contributed by atoms with Gasteiger partial charge in [-0.1, -0.05) is 19.9 Å². The first-order valence-corrected chi connectivity index (χ1v) is 7.78. The molecule has 22 heavy (non-hydrogen) atoms. The highest BCUT2D eigenvalue weighted by Gasteiger charge is 2.21. The third-order valence-electron chi connectivity index (χ3n) is 3.62. The highest BCUT2D eigenvalue weighted by Crippen LogP contribution is 2.32. The number of carboxylic acid groups (broad SMARTS) is 1. The normalized spacial score (nSPS) is 10.8. The second-order valence-corrected chi connectivity index (χ2v) is 5.23. The van der Waals surface area contributed by atoms with E-state index in [-0.39, 0.29) is 5.56 Å². The fourth-order valence-corrected chi connectivity index (χ4v) is 2.66. The largest absolute Gasteiger partial charge is 0.496 e. The summed E-state index contributed by atoms with van der Waals surface area (Å²) >= 11 is 0. The van der Waals surface area contributed by atoms with Crippen LogP contribution >= 0.6 is 0 Å². The van der Waals surface area contributed by atoms with Gasteiger partial charge < -0.3 is 19.5 Å². The molecule has 0 amide bonds. The van der Waals surface area contributed by atoms with Crippen molar-refractivity contribution in [2.45, 2.75) is 33.1 Å². The topological polar surface area (TPSA) is 59.0 Å². The summed E-state index contributed by atoms with van der Waals surface area (Å²) in [4.78, 5) is 13.9. The zero-order valence-electron chi connectivity index (χ0n) is 14.0. The molecule has 0 aliphatic rings. The standard InChI is InChI=1S/C17H27NO4/c1-5-10-18(11-6-2)12-9-13-7-8-14(21-3)15(17(19)20)16(13)22-4/h7-8H,5-6,9-12H2,1-4H3,(H,19,20). The molecule has 0 spiro atoms. The second-order valence-electron chi connectivity index (χ2n) is 5.23. The van der Waals surface area contributed by atoms with Gasteiger partial charge in [-0.25, -0.2) is 4.79 Å². The van der Waals surface area contributed by atoms with Crippen LogP contribution in [0.25, 0.3) is 0 Å². The Morgan fingerprint density at radius 3 is 2.18 bits per heavy atom. The predicted octanol–water partition coefficient (Wildman–Crippen LogP) is 3.07. The number of carboxylic acids is 1. The Kier molecular flexibility index (Phi) is 7.74. The Bertz CT molecular complexity index is 482. The number of hydrogen-bond acceptors (Lipinski definition) is 4. The van der Waals surface area contributed by atoms with Gasteiger partial charge in [-0.2, -0.15) is 0 Å². The van der Waals surface area contributed by atoms with Crippen molar-refractivity contribution in [3.63, 3.8) is 0 Å². The van der Waals surface area contributed by atoms with Gasteiger partial charge in [-0.15, -0.1) is 0 Å². The Morgan fingerprint density at radius 1 is 1.09 bits per heavy atom. The predicted molar refractivity (Wildman–Crippen MR) is 87.2 cm³/mol. The van der Waals surface area contributed by atoms with E-state index in [0.717, 1.165) is 44.5 Å². The summed E-state index contributed by atoms with van der Waals surface area (Å²) in [6.45, 7) is 7.33. The molecule has 0 atom stereocenters. The van der Waals surface area contributed by atoms with E-state index in [1.54, 1.807) is 6.07 Å². The van der Waals surface area contributed by atoms with Gasteiger partial charge in [-0.3, -0.25) is 0 Å². The maximum absolute atomic E-state index is 11.5. The van der Waals surface area contributed by atoms with E-state index in [1.807, 2.05) is 6.07 Å². The van der Waals surface area contributed by atoms with Crippen LogP contribution in [-0.4, -0.2) is 49.8 Å². The number of nitrogens with zero attached hydrogens (tertiary/aromatic N) is 1. The molecule has 0 saturated carbocycles. The molecule has 0 aliphatic carbocycles. The lowest BCUT2D eigenvalue weighted by atomic mass is 10.0. The highest BCUT2D eigenvalue weighted by atomic mass is 16.5. The zero-order valence-corrected chi connectivity index (χ0v) is 14.0. The molecule has 1 N–H and O–H groups in total. The fraction of sp³-hybridized carbons (Fsp3) is 0.588. The van der Waals surface area contributed by atoms with Crippen LogP contribution in [0, 0.1) is 0 Å². The third kappa shape index (κ3) is 4.63. The molecule has 0 unspecified atom stereocenters. The van der Waals surface area contributed by atoms with Gasteiger partial charge in [-0.05, 0) is 44.0 Å². The molecule has 0 saturated heterocycles. The van der Waals surface area contributed by atoms with Crippen molar-refractivity contribution in [2.75, 3.05) is 33.9 Å². The number of ether oxygens (including phenoxy) is 2. The second kappa shape index (κ2) is 9.30.